The summed E-state index contributed by atoms with van der Waals surface area (Å²) < 4.78 is 5.85. The third kappa shape index (κ3) is 5.41. The number of ether oxygens (including phenoxy) is 1. The molecule has 0 heterocycles. The van der Waals surface area contributed by atoms with E-state index in [2.05, 4.69) is 35.1 Å². The van der Waals surface area contributed by atoms with E-state index >= 15 is 0 Å². The van der Waals surface area contributed by atoms with Gasteiger partial charge >= 0.3 is 0 Å². The monoisotopic (exact) mass is 347 g/mol. The van der Waals surface area contributed by atoms with Crippen molar-refractivity contribution < 1.29 is 9.53 Å². The maximum Gasteiger partial charge on any atom is 0.252 e. The van der Waals surface area contributed by atoms with Crippen molar-refractivity contribution in [2.24, 2.45) is 5.92 Å². The van der Waals surface area contributed by atoms with Crippen molar-refractivity contribution >= 4 is 33.4 Å². The van der Waals surface area contributed by atoms with Gasteiger partial charge < -0.3 is 10.1 Å². The van der Waals surface area contributed by atoms with Crippen LogP contribution in [0.5, 0.6) is 5.75 Å². The second kappa shape index (κ2) is 7.75. The van der Waals surface area contributed by atoms with Crippen LogP contribution in [0.15, 0.2) is 22.7 Å². The molecule has 1 amide bonds. The van der Waals surface area contributed by atoms with Crippen molar-refractivity contribution in [3.63, 3.8) is 0 Å². The minimum absolute atomic E-state index is 0.0478. The summed E-state index contributed by atoms with van der Waals surface area (Å²) in [6.07, 6.45) is 0.876. The first kappa shape index (κ1) is 16.3. The number of rotatable bonds is 6. The van der Waals surface area contributed by atoms with Crippen molar-refractivity contribution in [2.45, 2.75) is 25.6 Å². The van der Waals surface area contributed by atoms with Gasteiger partial charge in [0.05, 0.1) is 18.1 Å². The molecule has 5 heteroatoms. The summed E-state index contributed by atoms with van der Waals surface area (Å²) in [6.45, 7) is 4.67. The van der Waals surface area contributed by atoms with Gasteiger partial charge in [0, 0.05) is 11.0 Å². The van der Waals surface area contributed by atoms with Gasteiger partial charge in [-0.05, 0) is 46.5 Å². The van der Waals surface area contributed by atoms with Crippen molar-refractivity contribution in [3.05, 3.63) is 28.2 Å². The lowest BCUT2D eigenvalue weighted by Gasteiger charge is -2.13. The normalized spacial score (nSPS) is 12.3. The summed E-state index contributed by atoms with van der Waals surface area (Å²) in [7, 11) is 1.57. The summed E-state index contributed by atoms with van der Waals surface area (Å²) in [6, 6.07) is 5.29. The van der Waals surface area contributed by atoms with Gasteiger partial charge in [0.1, 0.15) is 5.75 Å². The fourth-order valence-electron chi connectivity index (χ4n) is 1.70. The Hall–Kier alpha value is -0.740. The minimum Gasteiger partial charge on any atom is -0.497 e. The predicted molar refractivity (Wildman–Crippen MR) is 82.1 cm³/mol. The lowest BCUT2D eigenvalue weighted by molar-refractivity contribution is 0.0951. The van der Waals surface area contributed by atoms with Crippen LogP contribution in [0.25, 0.3) is 0 Å². The molecule has 0 bridgehead atoms. The summed E-state index contributed by atoms with van der Waals surface area (Å²) in [5.41, 5.74) is 0.549. The van der Waals surface area contributed by atoms with E-state index in [0.717, 1.165) is 10.9 Å². The molecule has 19 heavy (non-hydrogen) atoms. The highest BCUT2D eigenvalue weighted by Gasteiger charge is 2.13. The van der Waals surface area contributed by atoms with Crippen LogP contribution in [-0.4, -0.2) is 24.9 Å². The molecule has 0 aromatic heterocycles. The molecule has 0 aliphatic heterocycles. The average Bonchev–Trinajstić information content (AvgIpc) is 2.35. The fraction of sp³-hybridized carbons (Fsp3) is 0.500. The molecule has 1 aromatic rings. The van der Waals surface area contributed by atoms with E-state index in [1.165, 1.54) is 0 Å². The quantitative estimate of drug-likeness (QED) is 0.793. The minimum atomic E-state index is -0.153. The van der Waals surface area contributed by atoms with E-state index in [1.54, 1.807) is 25.3 Å². The number of methoxy groups -OCH3 is 1. The topological polar surface area (TPSA) is 38.3 Å². The van der Waals surface area contributed by atoms with E-state index in [-0.39, 0.29) is 11.3 Å². The highest BCUT2D eigenvalue weighted by atomic mass is 79.9. The molecule has 0 saturated heterocycles. The Balaban J connectivity index is 2.63. The van der Waals surface area contributed by atoms with Gasteiger partial charge in [-0.2, -0.15) is 0 Å². The van der Waals surface area contributed by atoms with Crippen LogP contribution in [-0.2, 0) is 0 Å². The van der Waals surface area contributed by atoms with Crippen LogP contribution in [0.1, 0.15) is 30.6 Å². The van der Waals surface area contributed by atoms with Crippen LogP contribution in [0, 0.1) is 5.92 Å². The molecule has 0 aliphatic carbocycles. The van der Waals surface area contributed by atoms with E-state index < -0.39 is 0 Å². The summed E-state index contributed by atoms with van der Waals surface area (Å²) in [5.74, 6) is 1.01. The van der Waals surface area contributed by atoms with Crippen LogP contribution in [0.4, 0.5) is 0 Å². The zero-order valence-corrected chi connectivity index (χ0v) is 13.7. The Labute approximate surface area is 127 Å². The van der Waals surface area contributed by atoms with Crippen LogP contribution in [0.2, 0.25) is 0 Å². The zero-order chi connectivity index (χ0) is 14.4. The maximum atomic E-state index is 12.1. The molecule has 1 aromatic carbocycles. The summed E-state index contributed by atoms with van der Waals surface area (Å²) >= 11 is 9.51. The first-order valence-electron chi connectivity index (χ1n) is 6.19. The Bertz CT molecular complexity index is 437. The molecule has 1 unspecified atom stereocenters. The maximum absolute atomic E-state index is 12.1. The van der Waals surface area contributed by atoms with Crippen molar-refractivity contribution in [2.75, 3.05) is 13.7 Å². The molecule has 0 aliphatic rings. The lowest BCUT2D eigenvalue weighted by Crippen LogP contribution is -2.30. The van der Waals surface area contributed by atoms with Gasteiger partial charge in [-0.25, -0.2) is 0 Å². The lowest BCUT2D eigenvalue weighted by atomic mass is 10.1. The third-order valence-corrected chi connectivity index (χ3v) is 3.65. The molecule has 3 nitrogen and oxygen atoms in total. The number of nitrogens with one attached hydrogen (secondary N) is 1. The van der Waals surface area contributed by atoms with Gasteiger partial charge in [-0.15, -0.1) is 11.6 Å². The smallest absolute Gasteiger partial charge is 0.252 e. The Morgan fingerprint density at radius 2 is 2.16 bits per heavy atom. The molecular weight excluding hydrogens is 330 g/mol. The number of alkyl halides is 1. The largest absolute Gasteiger partial charge is 0.497 e. The van der Waals surface area contributed by atoms with Crippen molar-refractivity contribution in [1.29, 1.82) is 0 Å². The molecule has 0 radical (unpaired) electrons. The molecule has 1 N–H and O–H groups in total. The highest BCUT2D eigenvalue weighted by molar-refractivity contribution is 9.10. The Morgan fingerprint density at radius 3 is 2.74 bits per heavy atom. The van der Waals surface area contributed by atoms with Crippen molar-refractivity contribution in [3.8, 4) is 5.75 Å². The molecule has 106 valence electrons. The van der Waals surface area contributed by atoms with Gasteiger partial charge in [0.25, 0.3) is 5.91 Å². The second-order valence-electron chi connectivity index (χ2n) is 4.78. The standard InChI is InChI=1S/C14H19BrClNO2/c1-9(2)6-10(16)8-17-14(18)12-7-11(19-3)4-5-13(12)15/h4-5,7,9-10H,6,8H2,1-3H3,(H,17,18). The highest BCUT2D eigenvalue weighted by Crippen LogP contribution is 2.22. The summed E-state index contributed by atoms with van der Waals surface area (Å²) in [5, 5.41) is 2.79. The first-order valence-corrected chi connectivity index (χ1v) is 7.42. The van der Waals surface area contributed by atoms with Gasteiger partial charge in [0.2, 0.25) is 0 Å². The van der Waals surface area contributed by atoms with Crippen LogP contribution in [0.3, 0.4) is 0 Å². The number of carbonyl (C=O) groups excluding carboxylic acids is 1. The number of benzene rings is 1. The number of halogens is 2. The number of hydrogen-bond donors (Lipinski definition) is 1. The molecule has 0 fully saturated rings. The average molecular weight is 349 g/mol. The van der Waals surface area contributed by atoms with Crippen LogP contribution >= 0.6 is 27.5 Å². The number of carbonyl (C=O) groups is 1. The van der Waals surface area contributed by atoms with E-state index in [0.29, 0.717) is 23.8 Å². The van der Waals surface area contributed by atoms with Gasteiger partial charge in [-0.1, -0.05) is 13.8 Å². The molecule has 1 rings (SSSR count). The predicted octanol–water partition coefficient (Wildman–Crippen LogP) is 3.84. The van der Waals surface area contributed by atoms with Gasteiger partial charge in [0.15, 0.2) is 0 Å². The van der Waals surface area contributed by atoms with Gasteiger partial charge in [-0.3, -0.25) is 4.79 Å². The third-order valence-electron chi connectivity index (χ3n) is 2.63. The first-order chi connectivity index (χ1) is 8.93. The van der Waals surface area contributed by atoms with E-state index in [1.807, 2.05) is 0 Å². The Kier molecular flexibility index (Phi) is 6.66. The number of hydrogen-bond acceptors (Lipinski definition) is 2. The Morgan fingerprint density at radius 1 is 1.47 bits per heavy atom. The zero-order valence-electron chi connectivity index (χ0n) is 11.4. The van der Waals surface area contributed by atoms with E-state index in [4.69, 9.17) is 16.3 Å². The molecule has 0 spiro atoms. The molecular formula is C14H19BrClNO2. The summed E-state index contributed by atoms with van der Waals surface area (Å²) in [4.78, 5) is 12.1. The fourth-order valence-corrected chi connectivity index (χ4v) is 2.56. The molecule has 0 saturated carbocycles. The van der Waals surface area contributed by atoms with Crippen LogP contribution < -0.4 is 10.1 Å². The molecule has 1 atom stereocenters. The second-order valence-corrected chi connectivity index (χ2v) is 6.25. The number of amides is 1. The van der Waals surface area contributed by atoms with Crippen molar-refractivity contribution in [1.82, 2.24) is 5.32 Å². The van der Waals surface area contributed by atoms with E-state index in [9.17, 15) is 4.79 Å². The SMILES string of the molecule is COc1ccc(Br)c(C(=O)NCC(Cl)CC(C)C)c1.